The van der Waals surface area contributed by atoms with Gasteiger partial charge in [0.1, 0.15) is 6.04 Å². The van der Waals surface area contributed by atoms with Gasteiger partial charge in [-0.15, -0.1) is 0 Å². The SMILES string of the molecule is CCN(C)C(=O)C(C)N1CC2=C(C1=O)C(c1ccccc1C(F)(F)F)NC(=O)N2CC. The number of hydrogen-bond acceptors (Lipinski definition) is 3. The summed E-state index contributed by atoms with van der Waals surface area (Å²) >= 11 is 0. The molecule has 0 bridgehead atoms. The number of amides is 4. The minimum Gasteiger partial charge on any atom is -0.344 e. The van der Waals surface area contributed by atoms with Crippen molar-refractivity contribution in [2.75, 3.05) is 26.7 Å². The third-order valence-electron chi connectivity index (χ3n) is 5.82. The number of alkyl halides is 3. The van der Waals surface area contributed by atoms with Crippen molar-refractivity contribution >= 4 is 17.8 Å². The molecule has 1 aromatic rings. The summed E-state index contributed by atoms with van der Waals surface area (Å²) in [6, 6.07) is 2.21. The van der Waals surface area contributed by atoms with Crippen LogP contribution in [0.3, 0.4) is 0 Å². The van der Waals surface area contributed by atoms with Crippen LogP contribution in [0.1, 0.15) is 37.9 Å². The van der Waals surface area contributed by atoms with Gasteiger partial charge in [-0.05, 0) is 32.4 Å². The number of nitrogens with zero attached hydrogens (tertiary/aromatic N) is 3. The first-order chi connectivity index (χ1) is 14.5. The lowest BCUT2D eigenvalue weighted by Gasteiger charge is -2.33. The third-order valence-corrected chi connectivity index (χ3v) is 5.82. The Hall–Kier alpha value is -3.04. The van der Waals surface area contributed by atoms with E-state index in [1.54, 1.807) is 27.8 Å². The van der Waals surface area contributed by atoms with Crippen LogP contribution in [0.25, 0.3) is 0 Å². The fourth-order valence-electron chi connectivity index (χ4n) is 4.01. The van der Waals surface area contributed by atoms with Crippen molar-refractivity contribution in [3.63, 3.8) is 0 Å². The second-order valence-electron chi connectivity index (χ2n) is 7.53. The maximum Gasteiger partial charge on any atom is 0.416 e. The van der Waals surface area contributed by atoms with Crippen LogP contribution in [0.5, 0.6) is 0 Å². The van der Waals surface area contributed by atoms with Crippen molar-refractivity contribution in [3.8, 4) is 0 Å². The Bertz CT molecular complexity index is 944. The van der Waals surface area contributed by atoms with Gasteiger partial charge in [-0.25, -0.2) is 4.79 Å². The van der Waals surface area contributed by atoms with Crippen LogP contribution in [-0.2, 0) is 15.8 Å². The molecule has 0 saturated heterocycles. The van der Waals surface area contributed by atoms with Crippen LogP contribution >= 0.6 is 0 Å². The van der Waals surface area contributed by atoms with Crippen LogP contribution in [0.4, 0.5) is 18.0 Å². The topological polar surface area (TPSA) is 73.0 Å². The van der Waals surface area contributed by atoms with Gasteiger partial charge in [0.05, 0.1) is 29.4 Å². The standard InChI is InChI=1S/C21H25F3N4O3/c1-5-26(4)18(29)12(3)28-11-15-16(19(28)30)17(25-20(31)27(15)6-2)13-9-7-8-10-14(13)21(22,23)24/h7-10,12,17H,5-6,11H2,1-4H3,(H,25,31). The zero-order chi connectivity index (χ0) is 23.1. The molecular weight excluding hydrogens is 413 g/mol. The zero-order valence-corrected chi connectivity index (χ0v) is 17.8. The molecule has 0 saturated carbocycles. The van der Waals surface area contributed by atoms with E-state index >= 15 is 0 Å². The highest BCUT2D eigenvalue weighted by atomic mass is 19.4. The highest BCUT2D eigenvalue weighted by Gasteiger charge is 2.48. The molecule has 0 fully saturated rings. The van der Waals surface area contributed by atoms with E-state index < -0.39 is 35.8 Å². The summed E-state index contributed by atoms with van der Waals surface area (Å²) in [7, 11) is 1.61. The van der Waals surface area contributed by atoms with E-state index in [9.17, 15) is 27.6 Å². The van der Waals surface area contributed by atoms with E-state index in [-0.39, 0.29) is 30.1 Å². The molecule has 2 aliphatic rings. The van der Waals surface area contributed by atoms with Crippen molar-refractivity contribution < 1.29 is 27.6 Å². The maximum absolute atomic E-state index is 13.6. The predicted molar refractivity (Wildman–Crippen MR) is 107 cm³/mol. The molecule has 0 radical (unpaired) electrons. The number of urea groups is 1. The normalized spacial score (nSPS) is 20.0. The lowest BCUT2D eigenvalue weighted by atomic mass is 9.91. The van der Waals surface area contributed by atoms with E-state index in [0.717, 1.165) is 6.07 Å². The molecule has 0 aromatic heterocycles. The summed E-state index contributed by atoms with van der Waals surface area (Å²) in [5.74, 6) is -0.842. The third kappa shape index (κ3) is 3.86. The largest absolute Gasteiger partial charge is 0.416 e. The van der Waals surface area contributed by atoms with Gasteiger partial charge >= 0.3 is 12.2 Å². The first kappa shape index (κ1) is 22.6. The van der Waals surface area contributed by atoms with Crippen molar-refractivity contribution in [1.29, 1.82) is 0 Å². The first-order valence-electron chi connectivity index (χ1n) is 10.1. The first-order valence-corrected chi connectivity index (χ1v) is 10.1. The molecule has 10 heteroatoms. The van der Waals surface area contributed by atoms with Gasteiger partial charge in [0.15, 0.2) is 0 Å². The van der Waals surface area contributed by atoms with Crippen LogP contribution in [0.15, 0.2) is 35.5 Å². The lowest BCUT2D eigenvalue weighted by molar-refractivity contribution is -0.141. The number of hydrogen-bond donors (Lipinski definition) is 1. The predicted octanol–water partition coefficient (Wildman–Crippen LogP) is 2.75. The van der Waals surface area contributed by atoms with Gasteiger partial charge < -0.3 is 15.1 Å². The molecule has 31 heavy (non-hydrogen) atoms. The molecule has 1 N–H and O–H groups in total. The molecule has 2 aliphatic heterocycles. The van der Waals surface area contributed by atoms with Crippen LogP contribution < -0.4 is 5.32 Å². The van der Waals surface area contributed by atoms with Crippen molar-refractivity contribution in [3.05, 3.63) is 46.7 Å². The number of carbonyl (C=O) groups excluding carboxylic acids is 3. The minimum atomic E-state index is -4.65. The highest BCUT2D eigenvalue weighted by molar-refractivity contribution is 6.03. The summed E-state index contributed by atoms with van der Waals surface area (Å²) in [6.45, 7) is 5.74. The van der Waals surface area contributed by atoms with Crippen LogP contribution in [0, 0.1) is 0 Å². The Balaban J connectivity index is 2.08. The molecule has 168 valence electrons. The number of likely N-dealkylation sites (N-methyl/N-ethyl adjacent to an activating group) is 2. The molecular formula is C21H25F3N4O3. The van der Waals surface area contributed by atoms with Crippen molar-refractivity contribution in [2.45, 2.75) is 39.0 Å². The maximum atomic E-state index is 13.6. The number of benzene rings is 1. The fraction of sp³-hybridized carbons (Fsp3) is 0.476. The van der Waals surface area contributed by atoms with Gasteiger partial charge in [0, 0.05) is 20.1 Å². The van der Waals surface area contributed by atoms with Crippen molar-refractivity contribution in [2.24, 2.45) is 0 Å². The number of nitrogens with one attached hydrogen (secondary N) is 1. The molecule has 2 atom stereocenters. The summed E-state index contributed by atoms with van der Waals surface area (Å²) in [6.07, 6.45) is -4.65. The number of carbonyl (C=O) groups is 3. The quantitative estimate of drug-likeness (QED) is 0.769. The van der Waals surface area contributed by atoms with Crippen LogP contribution in [0.2, 0.25) is 0 Å². The molecule has 2 unspecified atom stereocenters. The summed E-state index contributed by atoms with van der Waals surface area (Å²) in [5, 5.41) is 2.56. The lowest BCUT2D eigenvalue weighted by Crippen LogP contribution is -2.47. The van der Waals surface area contributed by atoms with Gasteiger partial charge in [-0.1, -0.05) is 18.2 Å². The average molecular weight is 438 g/mol. The monoisotopic (exact) mass is 438 g/mol. The second-order valence-corrected chi connectivity index (χ2v) is 7.53. The molecule has 1 aromatic carbocycles. The number of halogens is 3. The molecule has 3 rings (SSSR count). The second kappa shape index (κ2) is 8.24. The van der Waals surface area contributed by atoms with Gasteiger partial charge in [-0.2, -0.15) is 13.2 Å². The Morgan fingerprint density at radius 3 is 2.48 bits per heavy atom. The smallest absolute Gasteiger partial charge is 0.344 e. The summed E-state index contributed by atoms with van der Waals surface area (Å²) in [5.41, 5.74) is -0.723. The Kier molecular flexibility index (Phi) is 6.02. The Morgan fingerprint density at radius 1 is 1.26 bits per heavy atom. The summed E-state index contributed by atoms with van der Waals surface area (Å²) in [4.78, 5) is 42.8. The van der Waals surface area contributed by atoms with E-state index in [1.165, 1.54) is 32.9 Å². The van der Waals surface area contributed by atoms with E-state index in [2.05, 4.69) is 5.32 Å². The van der Waals surface area contributed by atoms with E-state index in [4.69, 9.17) is 0 Å². The fourth-order valence-corrected chi connectivity index (χ4v) is 4.01. The molecule has 2 heterocycles. The Morgan fingerprint density at radius 2 is 1.90 bits per heavy atom. The van der Waals surface area contributed by atoms with Gasteiger partial charge in [0.2, 0.25) is 5.91 Å². The molecule has 7 nitrogen and oxygen atoms in total. The van der Waals surface area contributed by atoms with E-state index in [0.29, 0.717) is 12.2 Å². The highest BCUT2D eigenvalue weighted by Crippen LogP contribution is 2.41. The van der Waals surface area contributed by atoms with Crippen LogP contribution in [-0.4, -0.2) is 65.3 Å². The molecule has 0 aliphatic carbocycles. The minimum absolute atomic E-state index is 0.0232. The summed E-state index contributed by atoms with van der Waals surface area (Å²) < 4.78 is 40.9. The average Bonchev–Trinajstić information content (AvgIpc) is 3.07. The Labute approximate surface area is 178 Å². The van der Waals surface area contributed by atoms with Gasteiger partial charge in [-0.3, -0.25) is 14.5 Å². The van der Waals surface area contributed by atoms with E-state index in [1.807, 2.05) is 0 Å². The zero-order valence-electron chi connectivity index (χ0n) is 17.8. The molecule has 0 spiro atoms. The van der Waals surface area contributed by atoms with Gasteiger partial charge in [0.25, 0.3) is 5.91 Å². The van der Waals surface area contributed by atoms with Crippen molar-refractivity contribution in [1.82, 2.24) is 20.0 Å². The number of rotatable bonds is 5. The molecule has 4 amide bonds.